The maximum absolute atomic E-state index is 14.7. The van der Waals surface area contributed by atoms with Gasteiger partial charge in [0.2, 0.25) is 0 Å². The minimum Gasteiger partial charge on any atom is -0.444 e. The number of hydrogen-bond donors (Lipinski definition) is 2. The summed E-state index contributed by atoms with van der Waals surface area (Å²) in [5.41, 5.74) is 0.717. The lowest BCUT2D eigenvalue weighted by Gasteiger charge is -2.32. The highest BCUT2D eigenvalue weighted by Crippen LogP contribution is 2.42. The van der Waals surface area contributed by atoms with Gasteiger partial charge in [-0.1, -0.05) is 37.6 Å². The minimum absolute atomic E-state index is 0.0247. The first-order valence-electron chi connectivity index (χ1n) is 12.4. The Hall–Kier alpha value is -3.77. The molecule has 1 aromatic carbocycles. The third-order valence-electron chi connectivity index (χ3n) is 5.81. The van der Waals surface area contributed by atoms with Crippen LogP contribution in [-0.2, 0) is 21.5 Å². The molecule has 10 nitrogen and oxygen atoms in total. The molecule has 2 aromatic heterocycles. The molecule has 0 saturated heterocycles. The van der Waals surface area contributed by atoms with Crippen LogP contribution in [0.5, 0.6) is 0 Å². The quantitative estimate of drug-likeness (QED) is 0.401. The monoisotopic (exact) mass is 589 g/mol. The summed E-state index contributed by atoms with van der Waals surface area (Å²) in [6.07, 6.45) is -0.626. The second kappa shape index (κ2) is 10.7. The van der Waals surface area contributed by atoms with Crippen molar-refractivity contribution in [1.82, 2.24) is 20.0 Å². The summed E-state index contributed by atoms with van der Waals surface area (Å²) in [5.74, 6) is -2.06. The summed E-state index contributed by atoms with van der Waals surface area (Å²) < 4.78 is 49.8. The molecule has 4 rings (SSSR count). The fourth-order valence-electron chi connectivity index (χ4n) is 4.20. The number of rotatable bonds is 5. The summed E-state index contributed by atoms with van der Waals surface area (Å²) in [6.45, 7) is 10.6. The number of ether oxygens (including phenoxy) is 1. The minimum atomic E-state index is -4.49. The average molecular weight is 590 g/mol. The van der Waals surface area contributed by atoms with Crippen LogP contribution in [0.3, 0.4) is 0 Å². The van der Waals surface area contributed by atoms with Crippen LogP contribution < -0.4 is 14.3 Å². The summed E-state index contributed by atoms with van der Waals surface area (Å²) in [7, 11) is -4.49. The Kier molecular flexibility index (Phi) is 7.79. The van der Waals surface area contributed by atoms with Gasteiger partial charge in [-0.3, -0.25) is 9.78 Å². The molecule has 40 heavy (non-hydrogen) atoms. The van der Waals surface area contributed by atoms with Gasteiger partial charge in [0.05, 0.1) is 39.9 Å². The van der Waals surface area contributed by atoms with Gasteiger partial charge in [-0.05, 0) is 63.4 Å². The highest BCUT2D eigenvalue weighted by atomic mass is 35.5. The van der Waals surface area contributed by atoms with E-state index in [-0.39, 0.29) is 45.8 Å². The maximum Gasteiger partial charge on any atom is 0.407 e. The van der Waals surface area contributed by atoms with Crippen molar-refractivity contribution in [3.05, 3.63) is 69.8 Å². The lowest BCUT2D eigenvalue weighted by molar-refractivity contribution is 0.0522. The number of halogens is 2. The van der Waals surface area contributed by atoms with Crippen LogP contribution in [-0.4, -0.2) is 36.0 Å². The molecule has 212 valence electrons. The molecule has 0 spiro atoms. The average Bonchev–Trinajstić information content (AvgIpc) is 2.82. The van der Waals surface area contributed by atoms with E-state index in [1.54, 1.807) is 39.8 Å². The van der Waals surface area contributed by atoms with Gasteiger partial charge in [0, 0.05) is 5.56 Å². The molecule has 0 unspecified atom stereocenters. The molecule has 0 aliphatic carbocycles. The fraction of sp³-hybridized carbons (Fsp3) is 0.333. The van der Waals surface area contributed by atoms with Crippen molar-refractivity contribution in [2.24, 2.45) is 0 Å². The largest absolute Gasteiger partial charge is 0.444 e. The Bertz CT molecular complexity index is 1620. The smallest absolute Gasteiger partial charge is 0.407 e. The van der Waals surface area contributed by atoms with E-state index in [4.69, 9.17) is 16.3 Å². The molecule has 1 aliphatic rings. The summed E-state index contributed by atoms with van der Waals surface area (Å²) in [4.78, 5) is 34.0. The molecule has 0 atom stereocenters. The molecule has 1 aliphatic heterocycles. The van der Waals surface area contributed by atoms with Gasteiger partial charge in [0.15, 0.2) is 5.82 Å². The number of carbonyl (C=O) groups excluding carboxylic acids is 2. The number of aryl methyl sites for hydroxylation is 1. The van der Waals surface area contributed by atoms with E-state index in [9.17, 15) is 22.4 Å². The number of nitrogens with one attached hydrogen (secondary N) is 2. The van der Waals surface area contributed by atoms with Gasteiger partial charge in [-0.15, -0.1) is 0 Å². The van der Waals surface area contributed by atoms with Crippen LogP contribution in [0.15, 0.2) is 36.4 Å². The second-order valence-corrected chi connectivity index (χ2v) is 12.5. The normalized spacial score (nSPS) is 14.5. The van der Waals surface area contributed by atoms with E-state index in [1.165, 1.54) is 24.3 Å². The molecular weight excluding hydrogens is 561 g/mol. The van der Waals surface area contributed by atoms with Crippen molar-refractivity contribution < 1.29 is 27.1 Å². The van der Waals surface area contributed by atoms with E-state index in [0.29, 0.717) is 17.0 Å². The van der Waals surface area contributed by atoms with Crippen molar-refractivity contribution in [1.29, 1.82) is 0 Å². The van der Waals surface area contributed by atoms with Crippen LogP contribution in [0.2, 0.25) is 5.02 Å². The number of aromatic nitrogens is 2. The predicted molar refractivity (Wildman–Crippen MR) is 149 cm³/mol. The third kappa shape index (κ3) is 5.87. The van der Waals surface area contributed by atoms with E-state index in [1.807, 2.05) is 18.6 Å². The van der Waals surface area contributed by atoms with Gasteiger partial charge in [0.25, 0.3) is 5.91 Å². The standard InChI is InChI=1S/C27H29ClFN5O5S/c1-14(2)21-23(15(3)11-16(31-21)13-30-26(36)39-27(4,5)6)34-24-18(25(35)33-40(34,37)38)12-19(28)22(32-24)17-9-7-8-10-20(17)29/h7-12,14H,13H2,1-6H3,(H,30,36)(H,33,35). The maximum atomic E-state index is 14.7. The highest BCUT2D eigenvalue weighted by molar-refractivity contribution is 7.92. The molecule has 13 heteroatoms. The van der Waals surface area contributed by atoms with E-state index >= 15 is 0 Å². The summed E-state index contributed by atoms with van der Waals surface area (Å²) in [6, 6.07) is 8.65. The first-order valence-corrected chi connectivity index (χ1v) is 14.2. The second-order valence-electron chi connectivity index (χ2n) is 10.5. The highest BCUT2D eigenvalue weighted by Gasteiger charge is 2.40. The Morgan fingerprint density at radius 1 is 1.18 bits per heavy atom. The van der Waals surface area contributed by atoms with E-state index < -0.39 is 33.6 Å². The SMILES string of the molecule is Cc1cc(CNC(=O)OC(C)(C)C)nc(C(C)C)c1N1c2nc(-c3ccccc3F)c(Cl)cc2C(=O)NS1(=O)=O. The molecule has 3 heterocycles. The van der Waals surface area contributed by atoms with Gasteiger partial charge in [-0.25, -0.2) is 23.2 Å². The molecule has 0 bridgehead atoms. The summed E-state index contributed by atoms with van der Waals surface area (Å²) in [5, 5.41) is 2.62. The molecule has 3 aromatic rings. The fourth-order valence-corrected chi connectivity index (χ4v) is 5.73. The lowest BCUT2D eigenvalue weighted by Crippen LogP contribution is -2.47. The Labute approximate surface area is 237 Å². The van der Waals surface area contributed by atoms with Crippen molar-refractivity contribution in [3.8, 4) is 11.3 Å². The number of hydrogen-bond acceptors (Lipinski definition) is 7. The molecule has 0 fully saturated rings. The van der Waals surface area contributed by atoms with E-state index in [2.05, 4.69) is 15.3 Å². The molecule has 0 saturated carbocycles. The molecular formula is C27H29ClFN5O5S. The van der Waals surface area contributed by atoms with Crippen LogP contribution in [0.1, 0.15) is 67.8 Å². The van der Waals surface area contributed by atoms with Gasteiger partial charge in [-0.2, -0.15) is 8.42 Å². The number of fused-ring (bicyclic) bond motifs is 1. The van der Waals surface area contributed by atoms with Crippen LogP contribution in [0.25, 0.3) is 11.3 Å². The first kappa shape index (κ1) is 29.2. The van der Waals surface area contributed by atoms with Gasteiger partial charge in [0.1, 0.15) is 11.4 Å². The summed E-state index contributed by atoms with van der Waals surface area (Å²) >= 11 is 6.40. The van der Waals surface area contributed by atoms with Crippen molar-refractivity contribution in [3.63, 3.8) is 0 Å². The number of anilines is 2. The zero-order valence-electron chi connectivity index (χ0n) is 22.8. The van der Waals surface area contributed by atoms with Crippen molar-refractivity contribution >= 4 is 45.3 Å². The topological polar surface area (TPSA) is 131 Å². The lowest BCUT2D eigenvalue weighted by atomic mass is 10.0. The number of pyridine rings is 2. The number of nitrogens with zero attached hydrogens (tertiary/aromatic N) is 3. The Balaban J connectivity index is 1.87. The Morgan fingerprint density at radius 2 is 1.85 bits per heavy atom. The van der Waals surface area contributed by atoms with Crippen molar-refractivity contribution in [2.45, 2.75) is 59.6 Å². The number of alkyl carbamates (subject to hydrolysis) is 1. The zero-order chi connectivity index (χ0) is 29.6. The molecule has 2 N–H and O–H groups in total. The first-order chi connectivity index (χ1) is 18.6. The van der Waals surface area contributed by atoms with Gasteiger partial charge >= 0.3 is 16.3 Å². The van der Waals surface area contributed by atoms with Crippen LogP contribution in [0, 0.1) is 12.7 Å². The van der Waals surface area contributed by atoms with Gasteiger partial charge < -0.3 is 10.1 Å². The van der Waals surface area contributed by atoms with Crippen LogP contribution in [0.4, 0.5) is 20.7 Å². The van der Waals surface area contributed by atoms with E-state index in [0.717, 1.165) is 4.31 Å². The number of amides is 2. The Morgan fingerprint density at radius 3 is 2.48 bits per heavy atom. The predicted octanol–water partition coefficient (Wildman–Crippen LogP) is 5.52. The number of benzene rings is 1. The van der Waals surface area contributed by atoms with Crippen molar-refractivity contribution in [2.75, 3.05) is 4.31 Å². The molecule has 2 amide bonds. The molecule has 0 radical (unpaired) electrons. The van der Waals surface area contributed by atoms with Crippen LogP contribution >= 0.6 is 11.6 Å². The third-order valence-corrected chi connectivity index (χ3v) is 7.38. The number of carbonyl (C=O) groups is 2. The zero-order valence-corrected chi connectivity index (χ0v) is 24.4.